The summed E-state index contributed by atoms with van der Waals surface area (Å²) in [5.41, 5.74) is 2.24. The fraction of sp³-hybridized carbons (Fsp3) is 0.182. The largest absolute Gasteiger partial charge is 0.497 e. The summed E-state index contributed by atoms with van der Waals surface area (Å²) in [5, 5.41) is 5.16. The van der Waals surface area contributed by atoms with Crippen molar-refractivity contribution < 1.29 is 14.2 Å². The van der Waals surface area contributed by atoms with E-state index in [-0.39, 0.29) is 11.5 Å². The zero-order valence-electron chi connectivity index (χ0n) is 16.7. The van der Waals surface area contributed by atoms with Crippen LogP contribution in [0.1, 0.15) is 18.7 Å². The van der Waals surface area contributed by atoms with Gasteiger partial charge in [0.2, 0.25) is 11.1 Å². The highest BCUT2D eigenvalue weighted by molar-refractivity contribution is 7.99. The summed E-state index contributed by atoms with van der Waals surface area (Å²) in [6.45, 7) is 5.23. The molecule has 1 aliphatic rings. The fourth-order valence-electron chi connectivity index (χ4n) is 3.62. The van der Waals surface area contributed by atoms with Crippen LogP contribution in [0, 0.1) is 0 Å². The van der Waals surface area contributed by atoms with Crippen molar-refractivity contribution in [2.24, 2.45) is 0 Å². The average molecular weight is 422 g/mol. The summed E-state index contributed by atoms with van der Waals surface area (Å²) < 4.78 is 7.01. The molecule has 2 aromatic carbocycles. The van der Waals surface area contributed by atoms with E-state index in [1.807, 2.05) is 48.5 Å². The van der Waals surface area contributed by atoms with Crippen molar-refractivity contribution in [2.45, 2.75) is 18.2 Å². The number of methoxy groups -OCH3 is 1. The number of para-hydroxylation sites is 1. The van der Waals surface area contributed by atoms with Crippen molar-refractivity contribution in [1.29, 1.82) is 0 Å². The molecular weight excluding hydrogens is 400 g/mol. The molecule has 7 nitrogen and oxygen atoms in total. The van der Waals surface area contributed by atoms with Gasteiger partial charge in [0.1, 0.15) is 5.75 Å². The van der Waals surface area contributed by atoms with Crippen LogP contribution in [0.25, 0.3) is 11.3 Å². The van der Waals surface area contributed by atoms with Gasteiger partial charge in [0.15, 0.2) is 0 Å². The third-order valence-electron chi connectivity index (χ3n) is 4.83. The maximum Gasteiger partial charge on any atom is 0.325 e. The summed E-state index contributed by atoms with van der Waals surface area (Å²) in [7, 11) is 1.59. The lowest BCUT2D eigenvalue weighted by atomic mass is 10.0. The SMILES string of the molecule is C=CCSc1n[n+]2c(c(=O)[nH]1)-c1ccccc1N(C(C)=O)[C@@H]2c1cccc(OC)c1. The van der Waals surface area contributed by atoms with Crippen LogP contribution in [-0.4, -0.2) is 28.9 Å². The van der Waals surface area contributed by atoms with Gasteiger partial charge in [-0.1, -0.05) is 36.0 Å². The Morgan fingerprint density at radius 1 is 1.33 bits per heavy atom. The Hall–Kier alpha value is -3.39. The number of hydrogen-bond acceptors (Lipinski definition) is 5. The second-order valence-corrected chi connectivity index (χ2v) is 7.72. The number of benzene rings is 2. The topological polar surface area (TPSA) is 79.2 Å². The molecule has 0 unspecified atom stereocenters. The van der Waals surface area contributed by atoms with Gasteiger partial charge in [-0.15, -0.1) is 6.58 Å². The Labute approximate surface area is 178 Å². The van der Waals surface area contributed by atoms with Gasteiger partial charge in [-0.05, 0) is 35.0 Å². The second-order valence-electron chi connectivity index (χ2n) is 6.71. The molecule has 0 saturated heterocycles. The molecule has 2 heterocycles. The van der Waals surface area contributed by atoms with E-state index in [9.17, 15) is 9.59 Å². The highest BCUT2D eigenvalue weighted by Gasteiger charge is 2.44. The third kappa shape index (κ3) is 3.39. The number of aromatic amines is 1. The number of anilines is 1. The van der Waals surface area contributed by atoms with Crippen molar-refractivity contribution in [3.8, 4) is 17.0 Å². The highest BCUT2D eigenvalue weighted by Crippen LogP contribution is 2.37. The number of nitrogens with zero attached hydrogens (tertiary/aromatic N) is 3. The molecule has 1 amide bonds. The Kier molecular flexibility index (Phi) is 5.41. The molecule has 1 N–H and O–H groups in total. The van der Waals surface area contributed by atoms with E-state index in [2.05, 4.69) is 11.6 Å². The number of rotatable bonds is 5. The third-order valence-corrected chi connectivity index (χ3v) is 5.69. The van der Waals surface area contributed by atoms with E-state index >= 15 is 0 Å². The molecule has 0 radical (unpaired) electrons. The minimum absolute atomic E-state index is 0.157. The van der Waals surface area contributed by atoms with Gasteiger partial charge >= 0.3 is 11.3 Å². The number of fused-ring (bicyclic) bond motifs is 3. The van der Waals surface area contributed by atoms with Gasteiger partial charge in [-0.2, -0.15) is 0 Å². The molecule has 0 fully saturated rings. The maximum atomic E-state index is 13.1. The van der Waals surface area contributed by atoms with Gasteiger partial charge in [0.05, 0.1) is 18.4 Å². The lowest BCUT2D eigenvalue weighted by molar-refractivity contribution is -0.763. The van der Waals surface area contributed by atoms with Gasteiger partial charge in [0, 0.05) is 23.3 Å². The standard InChI is InChI=1S/C22H20N4O3S/c1-4-12-30-22-23-20(28)19-17-10-5-6-11-18(17)25(14(2)27)21(26(19)24-22)15-8-7-9-16(13-15)29-3/h4-11,13,21H,1,12H2,2-3H3/p+1/t21-/m0/s1. The zero-order valence-corrected chi connectivity index (χ0v) is 17.5. The summed E-state index contributed by atoms with van der Waals surface area (Å²) in [6, 6.07) is 14.8. The fourth-order valence-corrected chi connectivity index (χ4v) is 4.20. The molecule has 1 aromatic heterocycles. The van der Waals surface area contributed by atoms with E-state index in [1.54, 1.807) is 22.8 Å². The van der Waals surface area contributed by atoms with E-state index in [1.165, 1.54) is 18.7 Å². The predicted molar refractivity (Wildman–Crippen MR) is 116 cm³/mol. The van der Waals surface area contributed by atoms with Crippen LogP contribution in [-0.2, 0) is 4.79 Å². The average Bonchev–Trinajstić information content (AvgIpc) is 2.76. The first-order chi connectivity index (χ1) is 14.5. The van der Waals surface area contributed by atoms with Crippen LogP contribution >= 0.6 is 11.8 Å². The van der Waals surface area contributed by atoms with Crippen molar-refractivity contribution >= 4 is 23.4 Å². The number of nitrogens with one attached hydrogen (secondary N) is 1. The van der Waals surface area contributed by atoms with Crippen LogP contribution < -0.4 is 19.9 Å². The van der Waals surface area contributed by atoms with Crippen LogP contribution in [0.5, 0.6) is 5.75 Å². The number of hydrogen-bond donors (Lipinski definition) is 1. The molecule has 0 spiro atoms. The predicted octanol–water partition coefficient (Wildman–Crippen LogP) is 2.92. The molecule has 0 saturated carbocycles. The molecule has 4 rings (SSSR count). The van der Waals surface area contributed by atoms with Crippen molar-refractivity contribution in [3.63, 3.8) is 0 Å². The van der Waals surface area contributed by atoms with Crippen LogP contribution in [0.3, 0.4) is 0 Å². The molecular formula is C22H21N4O3S+. The molecule has 1 aliphatic heterocycles. The molecule has 30 heavy (non-hydrogen) atoms. The summed E-state index contributed by atoms with van der Waals surface area (Å²) >= 11 is 1.37. The first kappa shape index (κ1) is 19.9. The van der Waals surface area contributed by atoms with Gasteiger partial charge in [0.25, 0.3) is 6.17 Å². The Bertz CT molecular complexity index is 1190. The molecule has 0 aliphatic carbocycles. The van der Waals surface area contributed by atoms with Crippen molar-refractivity contribution in [2.75, 3.05) is 17.8 Å². The number of thioether (sulfide) groups is 1. The van der Waals surface area contributed by atoms with Gasteiger partial charge in [-0.25, -0.2) is 4.90 Å². The first-order valence-electron chi connectivity index (χ1n) is 9.38. The second kappa shape index (κ2) is 8.16. The lowest BCUT2D eigenvalue weighted by Crippen LogP contribution is -2.60. The van der Waals surface area contributed by atoms with Gasteiger partial charge in [-0.3, -0.25) is 14.6 Å². The number of aromatic nitrogens is 3. The lowest BCUT2D eigenvalue weighted by Gasteiger charge is -2.31. The van der Waals surface area contributed by atoms with E-state index in [0.717, 1.165) is 5.56 Å². The first-order valence-corrected chi connectivity index (χ1v) is 10.4. The van der Waals surface area contributed by atoms with E-state index < -0.39 is 6.17 Å². The van der Waals surface area contributed by atoms with Gasteiger partial charge < -0.3 is 4.74 Å². The number of carbonyl (C=O) groups is 1. The van der Waals surface area contributed by atoms with Crippen molar-refractivity contribution in [1.82, 2.24) is 10.1 Å². The van der Waals surface area contributed by atoms with E-state index in [0.29, 0.717) is 33.6 Å². The Morgan fingerprint density at radius 2 is 2.13 bits per heavy atom. The number of amides is 1. The molecule has 152 valence electrons. The summed E-state index contributed by atoms with van der Waals surface area (Å²) in [4.78, 5) is 30.4. The normalized spacial score (nSPS) is 14.6. The minimum atomic E-state index is -0.632. The zero-order chi connectivity index (χ0) is 21.3. The number of ether oxygens (including phenoxy) is 1. The van der Waals surface area contributed by atoms with Crippen LogP contribution in [0.2, 0.25) is 0 Å². The number of carbonyl (C=O) groups excluding carboxylic acids is 1. The maximum absolute atomic E-state index is 13.1. The highest BCUT2D eigenvalue weighted by atomic mass is 32.2. The summed E-state index contributed by atoms with van der Waals surface area (Å²) in [5.74, 6) is 1.10. The smallest absolute Gasteiger partial charge is 0.325 e. The Balaban J connectivity index is 2.03. The molecule has 0 bridgehead atoms. The van der Waals surface area contributed by atoms with Crippen molar-refractivity contribution in [3.05, 3.63) is 77.1 Å². The quantitative estimate of drug-likeness (QED) is 0.389. The summed E-state index contributed by atoms with van der Waals surface area (Å²) in [6.07, 6.45) is 1.11. The molecule has 8 heteroatoms. The van der Waals surface area contributed by atoms with Crippen LogP contribution in [0.15, 0.2) is 71.1 Å². The Morgan fingerprint density at radius 3 is 2.87 bits per heavy atom. The molecule has 1 atom stereocenters. The monoisotopic (exact) mass is 421 g/mol. The van der Waals surface area contributed by atoms with E-state index in [4.69, 9.17) is 9.84 Å². The molecule has 3 aromatic rings. The minimum Gasteiger partial charge on any atom is -0.497 e. The number of H-pyrrole nitrogens is 1. The van der Waals surface area contributed by atoms with Crippen LogP contribution in [0.4, 0.5) is 5.69 Å².